The molecule has 0 spiro atoms. The van der Waals surface area contributed by atoms with Crippen LogP contribution < -0.4 is 0 Å². The topological polar surface area (TPSA) is 74.7 Å². The molecule has 1 fully saturated rings. The normalized spacial score (nSPS) is 15.1. The maximum Gasteiger partial charge on any atom is 0.116 e. The molecule has 2 aromatic heterocycles. The summed E-state index contributed by atoms with van der Waals surface area (Å²) in [4.78, 5) is 8.31. The molecule has 2 N–H and O–H groups in total. The number of aliphatic hydroxyl groups is 1. The molecule has 2 aromatic rings. The third kappa shape index (κ3) is 1.93. The number of aromatic nitrogens is 4. The van der Waals surface area contributed by atoms with Crippen LogP contribution in [0.2, 0.25) is 0 Å². The average molecular weight is 230 g/mol. The predicted octanol–water partition coefficient (Wildman–Crippen LogP) is 1.28. The highest BCUT2D eigenvalue weighted by atomic mass is 16.2. The molecule has 0 aliphatic heterocycles. The van der Waals surface area contributed by atoms with E-state index in [-0.39, 0.29) is 6.61 Å². The fraction of sp³-hybridized carbons (Fsp3) is 0.417. The maximum atomic E-state index is 9.16. The Morgan fingerprint density at radius 3 is 2.88 bits per heavy atom. The lowest BCUT2D eigenvalue weighted by molar-refractivity contribution is 0.299. The van der Waals surface area contributed by atoms with Crippen molar-refractivity contribution in [3.63, 3.8) is 0 Å². The molecule has 0 saturated heterocycles. The van der Waals surface area contributed by atoms with Crippen molar-refractivity contribution in [2.24, 2.45) is 0 Å². The highest BCUT2D eigenvalue weighted by Gasteiger charge is 2.29. The fourth-order valence-electron chi connectivity index (χ4n) is 2.09. The van der Waals surface area contributed by atoms with Crippen LogP contribution >= 0.6 is 0 Å². The van der Waals surface area contributed by atoms with Crippen LogP contribution in [0.3, 0.4) is 0 Å². The van der Waals surface area contributed by atoms with Crippen molar-refractivity contribution >= 4 is 0 Å². The minimum Gasteiger partial charge on any atom is -0.396 e. The molecule has 0 unspecified atom stereocenters. The van der Waals surface area contributed by atoms with E-state index in [1.807, 2.05) is 0 Å². The number of hydrogen-bond acceptors (Lipinski definition) is 4. The first kappa shape index (κ1) is 10.4. The first-order chi connectivity index (χ1) is 8.40. The molecule has 5 heteroatoms. The van der Waals surface area contributed by atoms with Crippen LogP contribution in [0.5, 0.6) is 0 Å². The maximum absolute atomic E-state index is 9.16. The van der Waals surface area contributed by atoms with Crippen molar-refractivity contribution in [3.05, 3.63) is 29.8 Å². The van der Waals surface area contributed by atoms with Gasteiger partial charge in [-0.25, -0.2) is 0 Å². The van der Waals surface area contributed by atoms with Gasteiger partial charge in [-0.2, -0.15) is 5.10 Å². The van der Waals surface area contributed by atoms with Crippen LogP contribution in [0.1, 0.15) is 30.0 Å². The highest BCUT2D eigenvalue weighted by Crippen LogP contribution is 2.42. The van der Waals surface area contributed by atoms with Crippen LogP contribution in [-0.2, 0) is 6.42 Å². The van der Waals surface area contributed by atoms with E-state index >= 15 is 0 Å². The lowest BCUT2D eigenvalue weighted by atomic mass is 10.1. The summed E-state index contributed by atoms with van der Waals surface area (Å²) >= 11 is 0. The van der Waals surface area contributed by atoms with E-state index in [9.17, 15) is 0 Å². The largest absolute Gasteiger partial charge is 0.396 e. The molecule has 1 aliphatic rings. The Morgan fingerprint density at radius 1 is 1.35 bits per heavy atom. The molecule has 0 bridgehead atoms. The van der Waals surface area contributed by atoms with Crippen molar-refractivity contribution in [2.75, 3.05) is 6.61 Å². The Hall–Kier alpha value is -1.75. The van der Waals surface area contributed by atoms with Crippen molar-refractivity contribution in [2.45, 2.75) is 25.2 Å². The summed E-state index contributed by atoms with van der Waals surface area (Å²) in [7, 11) is 0. The lowest BCUT2D eigenvalue weighted by Gasteiger charge is -2.02. The van der Waals surface area contributed by atoms with Crippen LogP contribution in [0.4, 0.5) is 0 Å². The van der Waals surface area contributed by atoms with Gasteiger partial charge in [0.25, 0.3) is 0 Å². The van der Waals surface area contributed by atoms with E-state index in [1.54, 1.807) is 18.6 Å². The molecular weight excluding hydrogens is 216 g/mol. The molecule has 0 aromatic carbocycles. The summed E-state index contributed by atoms with van der Waals surface area (Å²) < 4.78 is 0. The molecule has 17 heavy (non-hydrogen) atoms. The zero-order valence-electron chi connectivity index (χ0n) is 9.43. The first-order valence-corrected chi connectivity index (χ1v) is 5.84. The molecule has 3 rings (SSSR count). The molecule has 2 heterocycles. The van der Waals surface area contributed by atoms with Gasteiger partial charge in [-0.3, -0.25) is 15.1 Å². The minimum atomic E-state index is 0.131. The molecule has 1 aliphatic carbocycles. The Morgan fingerprint density at radius 2 is 2.24 bits per heavy atom. The minimum absolute atomic E-state index is 0.131. The van der Waals surface area contributed by atoms with Crippen LogP contribution in [-0.4, -0.2) is 31.9 Å². The Labute approximate surface area is 98.9 Å². The number of hydrogen-bond donors (Lipinski definition) is 2. The third-order valence-electron chi connectivity index (χ3n) is 3.05. The molecule has 0 radical (unpaired) electrons. The monoisotopic (exact) mass is 230 g/mol. The second-order valence-electron chi connectivity index (χ2n) is 4.30. The summed E-state index contributed by atoms with van der Waals surface area (Å²) in [5.41, 5.74) is 3.85. The van der Waals surface area contributed by atoms with Crippen LogP contribution in [0.15, 0.2) is 18.6 Å². The average Bonchev–Trinajstić information content (AvgIpc) is 3.13. The Bertz CT molecular complexity index is 504. The van der Waals surface area contributed by atoms with Gasteiger partial charge in [0.2, 0.25) is 0 Å². The van der Waals surface area contributed by atoms with Crippen LogP contribution in [0, 0.1) is 0 Å². The van der Waals surface area contributed by atoms with E-state index in [0.29, 0.717) is 12.3 Å². The van der Waals surface area contributed by atoms with Gasteiger partial charge in [-0.1, -0.05) is 0 Å². The number of aliphatic hydroxyl groups excluding tert-OH is 1. The molecule has 5 nitrogen and oxygen atoms in total. The number of H-pyrrole nitrogens is 1. The number of nitrogens with one attached hydrogen (secondary N) is 1. The third-order valence-corrected chi connectivity index (χ3v) is 3.05. The standard InChI is InChI=1S/C12H14N4O/c17-6-3-9-11(8-1-2-8)15-16-12(9)10-7-13-4-5-14-10/h4-5,7-8,17H,1-3,6H2,(H,15,16). The number of aromatic amines is 1. The predicted molar refractivity (Wildman–Crippen MR) is 62.4 cm³/mol. The van der Waals surface area contributed by atoms with E-state index in [4.69, 9.17) is 5.11 Å². The van der Waals surface area contributed by atoms with Crippen molar-refractivity contribution in [1.29, 1.82) is 0 Å². The SMILES string of the molecule is OCCc1c(-c2cnccn2)n[nH]c1C1CC1. The summed E-state index contributed by atoms with van der Waals surface area (Å²) in [5, 5.41) is 16.6. The first-order valence-electron chi connectivity index (χ1n) is 5.84. The Kier molecular flexibility index (Phi) is 2.60. The summed E-state index contributed by atoms with van der Waals surface area (Å²) in [6.45, 7) is 0.131. The summed E-state index contributed by atoms with van der Waals surface area (Å²) in [6.07, 6.45) is 8.04. The molecule has 0 amide bonds. The second-order valence-corrected chi connectivity index (χ2v) is 4.30. The van der Waals surface area contributed by atoms with E-state index in [0.717, 1.165) is 17.0 Å². The molecule has 0 atom stereocenters. The van der Waals surface area contributed by atoms with Gasteiger partial charge < -0.3 is 5.11 Å². The van der Waals surface area contributed by atoms with Crippen molar-refractivity contribution in [3.8, 4) is 11.4 Å². The summed E-state index contributed by atoms with van der Waals surface area (Å²) in [5.74, 6) is 0.592. The number of nitrogens with zero attached hydrogens (tertiary/aromatic N) is 3. The smallest absolute Gasteiger partial charge is 0.116 e. The Balaban J connectivity index is 2.04. The van der Waals surface area contributed by atoms with Gasteiger partial charge in [0, 0.05) is 36.2 Å². The van der Waals surface area contributed by atoms with Gasteiger partial charge in [-0.15, -0.1) is 0 Å². The molecule has 1 saturated carbocycles. The van der Waals surface area contributed by atoms with E-state index in [1.165, 1.54) is 18.5 Å². The van der Waals surface area contributed by atoms with Gasteiger partial charge in [0.15, 0.2) is 0 Å². The van der Waals surface area contributed by atoms with Crippen molar-refractivity contribution < 1.29 is 5.11 Å². The van der Waals surface area contributed by atoms with Gasteiger partial charge in [0.05, 0.1) is 6.20 Å². The zero-order chi connectivity index (χ0) is 11.7. The number of rotatable bonds is 4. The van der Waals surface area contributed by atoms with Gasteiger partial charge in [-0.05, 0) is 19.3 Å². The highest BCUT2D eigenvalue weighted by molar-refractivity contribution is 5.59. The molecular formula is C12H14N4O. The zero-order valence-corrected chi connectivity index (χ0v) is 9.43. The van der Waals surface area contributed by atoms with Crippen LogP contribution in [0.25, 0.3) is 11.4 Å². The second kappa shape index (κ2) is 4.25. The van der Waals surface area contributed by atoms with E-state index < -0.39 is 0 Å². The lowest BCUT2D eigenvalue weighted by Crippen LogP contribution is -1.97. The molecule has 88 valence electrons. The quantitative estimate of drug-likeness (QED) is 0.829. The van der Waals surface area contributed by atoms with Gasteiger partial charge >= 0.3 is 0 Å². The van der Waals surface area contributed by atoms with Crippen molar-refractivity contribution in [1.82, 2.24) is 20.2 Å². The fourth-order valence-corrected chi connectivity index (χ4v) is 2.09. The summed E-state index contributed by atoms with van der Waals surface area (Å²) in [6, 6.07) is 0. The van der Waals surface area contributed by atoms with Gasteiger partial charge in [0.1, 0.15) is 11.4 Å². The van der Waals surface area contributed by atoms with E-state index in [2.05, 4.69) is 20.2 Å².